The lowest BCUT2D eigenvalue weighted by Gasteiger charge is -2.14. The molecule has 6 nitrogen and oxygen atoms in total. The number of aryl methyl sites for hydroxylation is 1. The minimum atomic E-state index is -1.06. The molecule has 3 rings (SSSR count). The van der Waals surface area contributed by atoms with Gasteiger partial charge in [-0.2, -0.15) is 0 Å². The van der Waals surface area contributed by atoms with Gasteiger partial charge in [-0.05, 0) is 41.8 Å². The molecule has 0 saturated heterocycles. The van der Waals surface area contributed by atoms with Gasteiger partial charge in [-0.3, -0.25) is 10.1 Å². The summed E-state index contributed by atoms with van der Waals surface area (Å²) >= 11 is 0. The molecule has 0 amide bonds. The van der Waals surface area contributed by atoms with Crippen molar-refractivity contribution in [3.8, 4) is 16.9 Å². The van der Waals surface area contributed by atoms with Crippen molar-refractivity contribution < 1.29 is 19.6 Å². The molecule has 3 aromatic carbocycles. The zero-order valence-electron chi connectivity index (χ0n) is 14.6. The maximum absolute atomic E-state index is 11.6. The Morgan fingerprint density at radius 1 is 1.07 bits per heavy atom. The summed E-state index contributed by atoms with van der Waals surface area (Å²) in [5.41, 5.74) is 2.54. The summed E-state index contributed by atoms with van der Waals surface area (Å²) < 4.78 is 5.84. The molecular formula is C21H17NO5. The van der Waals surface area contributed by atoms with Gasteiger partial charge in [0.1, 0.15) is 6.61 Å². The lowest BCUT2D eigenvalue weighted by molar-refractivity contribution is -0.385. The highest BCUT2D eigenvalue weighted by molar-refractivity contribution is 5.90. The van der Waals surface area contributed by atoms with Gasteiger partial charge in [-0.1, -0.05) is 42.5 Å². The van der Waals surface area contributed by atoms with Crippen molar-refractivity contribution in [1.29, 1.82) is 0 Å². The number of aromatic carboxylic acids is 1. The number of carboxylic acid groups (broad SMARTS) is 1. The molecule has 0 aliphatic carbocycles. The first-order valence-electron chi connectivity index (χ1n) is 8.25. The lowest BCUT2D eigenvalue weighted by Crippen LogP contribution is -2.02. The van der Waals surface area contributed by atoms with E-state index in [1.54, 1.807) is 25.1 Å². The van der Waals surface area contributed by atoms with E-state index in [0.29, 0.717) is 16.7 Å². The Morgan fingerprint density at radius 2 is 1.81 bits per heavy atom. The molecule has 27 heavy (non-hydrogen) atoms. The van der Waals surface area contributed by atoms with Crippen molar-refractivity contribution in [3.05, 3.63) is 93.5 Å². The molecule has 0 bridgehead atoms. The van der Waals surface area contributed by atoms with Crippen LogP contribution in [0.5, 0.6) is 5.75 Å². The highest BCUT2D eigenvalue weighted by Gasteiger charge is 2.22. The Hall–Kier alpha value is -3.67. The van der Waals surface area contributed by atoms with E-state index >= 15 is 0 Å². The van der Waals surface area contributed by atoms with Gasteiger partial charge in [-0.25, -0.2) is 4.79 Å². The van der Waals surface area contributed by atoms with Crippen LogP contribution in [0.2, 0.25) is 0 Å². The molecule has 0 atom stereocenters. The highest BCUT2D eigenvalue weighted by atomic mass is 16.6. The summed E-state index contributed by atoms with van der Waals surface area (Å²) in [7, 11) is 0. The predicted octanol–water partition coefficient (Wildman–Crippen LogP) is 4.85. The number of ether oxygens (including phenoxy) is 1. The SMILES string of the molecule is Cc1cc(-c2cccc(C(=O)O)c2)c(OCc2ccccc2)c([N+](=O)[O-])c1. The Balaban J connectivity index is 2.10. The third-order valence-corrected chi connectivity index (χ3v) is 4.06. The zero-order chi connectivity index (χ0) is 19.4. The molecule has 3 aromatic rings. The molecular weight excluding hydrogens is 346 g/mol. The quantitative estimate of drug-likeness (QED) is 0.499. The first kappa shape index (κ1) is 18.1. The van der Waals surface area contributed by atoms with Crippen LogP contribution >= 0.6 is 0 Å². The number of rotatable bonds is 6. The first-order valence-corrected chi connectivity index (χ1v) is 8.25. The summed E-state index contributed by atoms with van der Waals surface area (Å²) in [4.78, 5) is 22.4. The predicted molar refractivity (Wildman–Crippen MR) is 101 cm³/mol. The van der Waals surface area contributed by atoms with Crippen LogP contribution in [0.3, 0.4) is 0 Å². The van der Waals surface area contributed by atoms with Crippen molar-refractivity contribution in [2.24, 2.45) is 0 Å². The van der Waals surface area contributed by atoms with E-state index in [2.05, 4.69) is 0 Å². The number of nitrogens with zero attached hydrogens (tertiary/aromatic N) is 1. The van der Waals surface area contributed by atoms with Crippen LogP contribution in [0.15, 0.2) is 66.7 Å². The van der Waals surface area contributed by atoms with Gasteiger partial charge < -0.3 is 9.84 Å². The van der Waals surface area contributed by atoms with Crippen molar-refractivity contribution in [3.63, 3.8) is 0 Å². The third-order valence-electron chi connectivity index (χ3n) is 4.06. The molecule has 0 fully saturated rings. The number of carboxylic acids is 1. The average Bonchev–Trinajstić information content (AvgIpc) is 2.67. The number of hydrogen-bond acceptors (Lipinski definition) is 4. The van der Waals surface area contributed by atoms with E-state index in [-0.39, 0.29) is 23.6 Å². The van der Waals surface area contributed by atoms with Gasteiger partial charge in [0.05, 0.1) is 10.5 Å². The first-order chi connectivity index (χ1) is 13.0. The van der Waals surface area contributed by atoms with Gasteiger partial charge in [0.15, 0.2) is 0 Å². The van der Waals surface area contributed by atoms with Crippen LogP contribution in [0.25, 0.3) is 11.1 Å². The van der Waals surface area contributed by atoms with E-state index in [4.69, 9.17) is 4.74 Å². The molecule has 0 aliphatic heterocycles. The molecule has 0 aromatic heterocycles. The van der Waals surface area contributed by atoms with Gasteiger partial charge in [-0.15, -0.1) is 0 Å². The van der Waals surface area contributed by atoms with Crippen LogP contribution in [0.4, 0.5) is 5.69 Å². The topological polar surface area (TPSA) is 89.7 Å². The smallest absolute Gasteiger partial charge is 0.335 e. The maximum Gasteiger partial charge on any atom is 0.335 e. The molecule has 1 N–H and O–H groups in total. The van der Waals surface area contributed by atoms with Crippen LogP contribution in [0, 0.1) is 17.0 Å². The zero-order valence-corrected chi connectivity index (χ0v) is 14.6. The molecule has 0 radical (unpaired) electrons. The van der Waals surface area contributed by atoms with E-state index in [1.165, 1.54) is 18.2 Å². The van der Waals surface area contributed by atoms with Crippen molar-refractivity contribution in [2.45, 2.75) is 13.5 Å². The van der Waals surface area contributed by atoms with Gasteiger partial charge in [0.25, 0.3) is 0 Å². The van der Waals surface area contributed by atoms with Crippen LogP contribution < -0.4 is 4.74 Å². The molecule has 0 spiro atoms. The highest BCUT2D eigenvalue weighted by Crippen LogP contribution is 2.40. The molecule has 136 valence electrons. The van der Waals surface area contributed by atoms with E-state index in [1.807, 2.05) is 30.3 Å². The Bertz CT molecular complexity index is 999. The third kappa shape index (κ3) is 4.12. The van der Waals surface area contributed by atoms with Crippen LogP contribution in [-0.4, -0.2) is 16.0 Å². The normalized spacial score (nSPS) is 10.4. The Labute approximate surface area is 155 Å². The Kier molecular flexibility index (Phi) is 5.17. The standard InChI is InChI=1S/C21H17NO5/c1-14-10-18(16-8-5-9-17(12-16)21(23)24)20(19(11-14)22(25)26)27-13-15-6-3-2-4-7-15/h2-12H,13H2,1H3,(H,23,24). The fourth-order valence-corrected chi connectivity index (χ4v) is 2.81. The van der Waals surface area contributed by atoms with E-state index < -0.39 is 10.9 Å². The van der Waals surface area contributed by atoms with Crippen molar-refractivity contribution >= 4 is 11.7 Å². The van der Waals surface area contributed by atoms with Gasteiger partial charge in [0.2, 0.25) is 5.75 Å². The van der Waals surface area contributed by atoms with Crippen molar-refractivity contribution in [2.75, 3.05) is 0 Å². The number of hydrogen-bond donors (Lipinski definition) is 1. The summed E-state index contributed by atoms with van der Waals surface area (Å²) in [6.07, 6.45) is 0. The van der Waals surface area contributed by atoms with E-state index in [0.717, 1.165) is 5.56 Å². The molecule has 0 aliphatic rings. The fraction of sp³-hybridized carbons (Fsp3) is 0.0952. The minimum Gasteiger partial charge on any atom is -0.482 e. The summed E-state index contributed by atoms with van der Waals surface area (Å²) in [6.45, 7) is 1.91. The van der Waals surface area contributed by atoms with Gasteiger partial charge >= 0.3 is 11.7 Å². The van der Waals surface area contributed by atoms with Crippen LogP contribution in [0.1, 0.15) is 21.5 Å². The number of benzene rings is 3. The number of nitro groups is 1. The monoisotopic (exact) mass is 363 g/mol. The molecule has 0 saturated carbocycles. The van der Waals surface area contributed by atoms with E-state index in [9.17, 15) is 20.0 Å². The molecule has 0 heterocycles. The second-order valence-corrected chi connectivity index (χ2v) is 6.08. The molecule has 0 unspecified atom stereocenters. The molecule has 6 heteroatoms. The maximum atomic E-state index is 11.6. The van der Waals surface area contributed by atoms with Crippen molar-refractivity contribution in [1.82, 2.24) is 0 Å². The fourth-order valence-electron chi connectivity index (χ4n) is 2.81. The summed E-state index contributed by atoms with van der Waals surface area (Å²) in [5, 5.41) is 20.8. The Morgan fingerprint density at radius 3 is 2.48 bits per heavy atom. The second kappa shape index (κ2) is 7.70. The number of carbonyl (C=O) groups is 1. The van der Waals surface area contributed by atoms with Crippen LogP contribution in [-0.2, 0) is 6.61 Å². The minimum absolute atomic E-state index is 0.102. The average molecular weight is 363 g/mol. The second-order valence-electron chi connectivity index (χ2n) is 6.08. The summed E-state index contributed by atoms with van der Waals surface area (Å²) in [6, 6.07) is 18.8. The lowest BCUT2D eigenvalue weighted by atomic mass is 9.99. The summed E-state index contributed by atoms with van der Waals surface area (Å²) in [5.74, 6) is -0.942. The largest absolute Gasteiger partial charge is 0.482 e. The number of nitro benzene ring substituents is 1. The van der Waals surface area contributed by atoms with Gasteiger partial charge in [0, 0.05) is 11.6 Å².